The number of carbonyl (C=O) groups is 1. The van der Waals surface area contributed by atoms with E-state index in [9.17, 15) is 13.2 Å². The van der Waals surface area contributed by atoms with Crippen LogP contribution in [0.3, 0.4) is 0 Å². The summed E-state index contributed by atoms with van der Waals surface area (Å²) in [7, 11) is -3.52. The largest absolute Gasteiger partial charge is 0.289 e. The Morgan fingerprint density at radius 2 is 1.43 bits per heavy atom. The van der Waals surface area contributed by atoms with Gasteiger partial charge < -0.3 is 0 Å². The molecule has 3 rings (SSSR count). The molecule has 0 aliphatic heterocycles. The lowest BCUT2D eigenvalue weighted by molar-refractivity contribution is 0.103. The Morgan fingerprint density at radius 1 is 0.893 bits per heavy atom. The second-order valence-electron chi connectivity index (χ2n) is 8.88. The fourth-order valence-electron chi connectivity index (χ4n) is 3.96. The van der Waals surface area contributed by atoms with Crippen LogP contribution in [0.25, 0.3) is 0 Å². The summed E-state index contributed by atoms with van der Waals surface area (Å²) < 4.78 is 26.6. The standard InChI is InChI=1S/C23H29NO3S/c1-6-24-28(26,27)18-10-7-16(8-11-18)21(25)17-9-12-19-20(15-17)23(4,5)14-13-22(19,2)3/h7-12,15,24H,6,13-14H2,1-5H3. The molecule has 0 radical (unpaired) electrons. The zero-order chi connectivity index (χ0) is 20.7. The average molecular weight is 400 g/mol. The van der Waals surface area contributed by atoms with Gasteiger partial charge in [-0.25, -0.2) is 13.1 Å². The van der Waals surface area contributed by atoms with Crippen molar-refractivity contribution in [2.24, 2.45) is 0 Å². The fraction of sp³-hybridized carbons (Fsp3) is 0.435. The quantitative estimate of drug-likeness (QED) is 0.750. The first kappa shape index (κ1) is 20.7. The van der Waals surface area contributed by atoms with Gasteiger partial charge in [-0.1, -0.05) is 46.8 Å². The Hall–Kier alpha value is -1.98. The Morgan fingerprint density at radius 3 is 2.00 bits per heavy atom. The maximum atomic E-state index is 13.0. The van der Waals surface area contributed by atoms with Crippen molar-refractivity contribution in [1.82, 2.24) is 4.72 Å². The van der Waals surface area contributed by atoms with Gasteiger partial charge in [0.05, 0.1) is 4.90 Å². The smallest absolute Gasteiger partial charge is 0.240 e. The van der Waals surface area contributed by atoms with E-state index in [2.05, 4.69) is 38.5 Å². The summed E-state index contributed by atoms with van der Waals surface area (Å²) in [5, 5.41) is 0. The topological polar surface area (TPSA) is 63.2 Å². The van der Waals surface area contributed by atoms with Crippen molar-refractivity contribution in [2.45, 2.75) is 63.2 Å². The Kier molecular flexibility index (Phi) is 5.28. The van der Waals surface area contributed by atoms with E-state index in [-0.39, 0.29) is 21.5 Å². The lowest BCUT2D eigenvalue weighted by Crippen LogP contribution is -2.34. The molecule has 4 nitrogen and oxygen atoms in total. The van der Waals surface area contributed by atoms with E-state index in [1.54, 1.807) is 19.1 Å². The van der Waals surface area contributed by atoms with Gasteiger partial charge in [0.25, 0.3) is 0 Å². The summed E-state index contributed by atoms with van der Waals surface area (Å²) in [4.78, 5) is 13.2. The predicted octanol–water partition coefficient (Wildman–Crippen LogP) is 4.56. The molecular formula is C23H29NO3S. The van der Waals surface area contributed by atoms with Gasteiger partial charge in [-0.15, -0.1) is 0 Å². The molecule has 28 heavy (non-hydrogen) atoms. The van der Waals surface area contributed by atoms with Gasteiger partial charge in [0.15, 0.2) is 5.78 Å². The molecule has 0 heterocycles. The number of sulfonamides is 1. The lowest BCUT2D eigenvalue weighted by atomic mass is 9.63. The van der Waals surface area contributed by atoms with Crippen molar-refractivity contribution in [1.29, 1.82) is 0 Å². The summed E-state index contributed by atoms with van der Waals surface area (Å²) in [5.74, 6) is -0.0885. The van der Waals surface area contributed by atoms with Crippen LogP contribution in [0.15, 0.2) is 47.4 Å². The van der Waals surface area contributed by atoms with Gasteiger partial charge in [0.1, 0.15) is 0 Å². The highest BCUT2D eigenvalue weighted by Crippen LogP contribution is 2.46. The van der Waals surface area contributed by atoms with Crippen molar-refractivity contribution in [3.05, 3.63) is 64.7 Å². The molecule has 150 valence electrons. The van der Waals surface area contributed by atoms with Crippen molar-refractivity contribution in [2.75, 3.05) is 6.54 Å². The number of ketones is 1. The first-order valence-corrected chi connectivity index (χ1v) is 11.3. The van der Waals surface area contributed by atoms with Crippen LogP contribution in [-0.4, -0.2) is 20.7 Å². The third-order valence-electron chi connectivity index (χ3n) is 5.88. The summed E-state index contributed by atoms with van der Waals surface area (Å²) >= 11 is 0. The molecule has 0 atom stereocenters. The second kappa shape index (κ2) is 7.12. The van der Waals surface area contributed by atoms with Crippen molar-refractivity contribution in [3.8, 4) is 0 Å². The zero-order valence-corrected chi connectivity index (χ0v) is 18.1. The van der Waals surface area contributed by atoms with Crippen LogP contribution in [0.5, 0.6) is 0 Å². The monoisotopic (exact) mass is 399 g/mol. The van der Waals surface area contributed by atoms with Crippen LogP contribution in [0.4, 0.5) is 0 Å². The van der Waals surface area contributed by atoms with E-state index in [1.165, 1.54) is 23.3 Å². The van der Waals surface area contributed by atoms with E-state index in [4.69, 9.17) is 0 Å². The van der Waals surface area contributed by atoms with Crippen LogP contribution in [0.1, 0.15) is 74.5 Å². The van der Waals surface area contributed by atoms with Gasteiger partial charge in [0, 0.05) is 17.7 Å². The van der Waals surface area contributed by atoms with E-state index in [0.717, 1.165) is 12.8 Å². The number of hydrogen-bond acceptors (Lipinski definition) is 3. The Balaban J connectivity index is 1.96. The molecule has 0 saturated heterocycles. The van der Waals surface area contributed by atoms with Crippen LogP contribution < -0.4 is 4.72 Å². The summed E-state index contributed by atoms with van der Waals surface area (Å²) in [5.41, 5.74) is 3.82. The molecule has 2 aromatic rings. The molecule has 0 bridgehead atoms. The van der Waals surface area contributed by atoms with Crippen LogP contribution >= 0.6 is 0 Å². The highest BCUT2D eigenvalue weighted by atomic mass is 32.2. The maximum absolute atomic E-state index is 13.0. The van der Waals surface area contributed by atoms with E-state index in [0.29, 0.717) is 17.7 Å². The summed E-state index contributed by atoms with van der Waals surface area (Å²) in [6.07, 6.45) is 2.21. The number of nitrogens with one attached hydrogen (secondary N) is 1. The minimum absolute atomic E-state index is 0.0326. The number of carbonyl (C=O) groups excluding carboxylic acids is 1. The molecule has 0 aromatic heterocycles. The minimum Gasteiger partial charge on any atom is -0.289 e. The van der Waals surface area contributed by atoms with Crippen molar-refractivity contribution in [3.63, 3.8) is 0 Å². The molecule has 0 spiro atoms. The van der Waals surface area contributed by atoms with Gasteiger partial charge >= 0.3 is 0 Å². The first-order valence-electron chi connectivity index (χ1n) is 9.77. The minimum atomic E-state index is -3.52. The van der Waals surface area contributed by atoms with Crippen LogP contribution in [0, 0.1) is 0 Å². The maximum Gasteiger partial charge on any atom is 0.240 e. The molecular weight excluding hydrogens is 370 g/mol. The van der Waals surface area contributed by atoms with Gasteiger partial charge in [-0.2, -0.15) is 0 Å². The van der Waals surface area contributed by atoms with Crippen LogP contribution in [0.2, 0.25) is 0 Å². The molecule has 5 heteroatoms. The van der Waals surface area contributed by atoms with E-state index < -0.39 is 10.0 Å². The van der Waals surface area contributed by atoms with Crippen LogP contribution in [-0.2, 0) is 20.9 Å². The Bertz CT molecular complexity index is 1000. The molecule has 2 aromatic carbocycles. The molecule has 1 N–H and O–H groups in total. The highest BCUT2D eigenvalue weighted by molar-refractivity contribution is 7.89. The van der Waals surface area contributed by atoms with E-state index >= 15 is 0 Å². The average Bonchev–Trinajstić information content (AvgIpc) is 2.65. The zero-order valence-electron chi connectivity index (χ0n) is 17.3. The second-order valence-corrected chi connectivity index (χ2v) is 10.6. The Labute approximate surface area is 168 Å². The first-order chi connectivity index (χ1) is 13.0. The predicted molar refractivity (Wildman–Crippen MR) is 112 cm³/mol. The fourth-order valence-corrected chi connectivity index (χ4v) is 5.00. The number of fused-ring (bicyclic) bond motifs is 1. The third kappa shape index (κ3) is 3.78. The number of benzene rings is 2. The molecule has 0 amide bonds. The third-order valence-corrected chi connectivity index (χ3v) is 7.44. The van der Waals surface area contributed by atoms with Gasteiger partial charge in [-0.05, 0) is 65.1 Å². The van der Waals surface area contributed by atoms with Crippen molar-refractivity contribution < 1.29 is 13.2 Å². The van der Waals surface area contributed by atoms with Gasteiger partial charge in [-0.3, -0.25) is 4.79 Å². The molecule has 0 fully saturated rings. The SMILES string of the molecule is CCNS(=O)(=O)c1ccc(C(=O)c2ccc3c(c2)C(C)(C)CCC3(C)C)cc1. The molecule has 0 saturated carbocycles. The highest BCUT2D eigenvalue weighted by Gasteiger charge is 2.37. The summed E-state index contributed by atoms with van der Waals surface area (Å²) in [6, 6.07) is 12.2. The molecule has 1 aliphatic rings. The normalized spacial score (nSPS) is 17.8. The van der Waals surface area contributed by atoms with E-state index in [1.807, 2.05) is 12.1 Å². The summed E-state index contributed by atoms with van der Waals surface area (Å²) in [6.45, 7) is 11.0. The van der Waals surface area contributed by atoms with Gasteiger partial charge in [0.2, 0.25) is 10.0 Å². The number of hydrogen-bond donors (Lipinski definition) is 1. The lowest BCUT2D eigenvalue weighted by Gasteiger charge is -2.42. The molecule has 0 unspecified atom stereocenters. The number of rotatable bonds is 5. The molecule has 1 aliphatic carbocycles. The van der Waals surface area contributed by atoms with Crippen molar-refractivity contribution >= 4 is 15.8 Å².